The molecule has 0 aliphatic rings. The fraction of sp³-hybridized carbons (Fsp3) is 0.143. The summed E-state index contributed by atoms with van der Waals surface area (Å²) in [6.45, 7) is 0. The van der Waals surface area contributed by atoms with Crippen LogP contribution in [0.25, 0.3) is 0 Å². The van der Waals surface area contributed by atoms with E-state index >= 15 is 0 Å². The summed E-state index contributed by atoms with van der Waals surface area (Å²) in [6, 6.07) is 11.7. The smallest absolute Gasteiger partial charge is 0.337 e. The van der Waals surface area contributed by atoms with Crippen molar-refractivity contribution >= 4 is 17.5 Å². The molecule has 0 spiro atoms. The van der Waals surface area contributed by atoms with Gasteiger partial charge in [0.15, 0.2) is 6.10 Å². The number of aliphatic hydroxyl groups excluding tert-OH is 1. The minimum Gasteiger partial charge on any atom is -0.481 e. The molecule has 1 heterocycles. The first-order valence-corrected chi connectivity index (χ1v) is 5.89. The maximum absolute atomic E-state index is 10.7. The molecule has 6 nitrogen and oxygen atoms in total. The van der Waals surface area contributed by atoms with E-state index in [9.17, 15) is 9.90 Å². The lowest BCUT2D eigenvalue weighted by Crippen LogP contribution is -2.10. The van der Waals surface area contributed by atoms with Crippen molar-refractivity contribution < 1.29 is 19.7 Å². The first-order chi connectivity index (χ1) is 9.60. The molecule has 6 heteroatoms. The number of benzene rings is 1. The summed E-state index contributed by atoms with van der Waals surface area (Å²) in [6.07, 6.45) is -1.51. The van der Waals surface area contributed by atoms with Crippen LogP contribution in [0.15, 0.2) is 42.5 Å². The van der Waals surface area contributed by atoms with E-state index in [1.54, 1.807) is 42.5 Å². The summed E-state index contributed by atoms with van der Waals surface area (Å²) in [5.74, 6) is -0.177. The summed E-state index contributed by atoms with van der Waals surface area (Å²) < 4.78 is 5.02. The van der Waals surface area contributed by atoms with Gasteiger partial charge in [-0.05, 0) is 23.8 Å². The van der Waals surface area contributed by atoms with E-state index in [0.29, 0.717) is 17.3 Å². The highest BCUT2D eigenvalue weighted by Gasteiger charge is 2.15. The Morgan fingerprint density at radius 3 is 2.55 bits per heavy atom. The molecule has 3 N–H and O–H groups in total. The lowest BCUT2D eigenvalue weighted by Gasteiger charge is -2.09. The Balaban J connectivity index is 2.12. The van der Waals surface area contributed by atoms with Gasteiger partial charge in [-0.15, -0.1) is 0 Å². The fourth-order valence-corrected chi connectivity index (χ4v) is 1.64. The molecule has 0 radical (unpaired) electrons. The van der Waals surface area contributed by atoms with Gasteiger partial charge in [-0.25, -0.2) is 4.79 Å². The van der Waals surface area contributed by atoms with Crippen LogP contribution in [0.3, 0.4) is 0 Å². The number of aliphatic hydroxyl groups is 1. The van der Waals surface area contributed by atoms with E-state index in [1.165, 1.54) is 7.11 Å². The number of methoxy groups -OCH3 is 1. The number of carboxylic acid groups (broad SMARTS) is 1. The standard InChI is InChI=1S/C14H14N2O4/c1-20-12-4-2-3-11(16-12)15-10-7-5-9(6-8-10)13(17)14(18)19/h2-8,13,17H,1H3,(H,15,16)(H,18,19). The predicted molar refractivity (Wildman–Crippen MR) is 73.1 cm³/mol. The van der Waals surface area contributed by atoms with Crippen molar-refractivity contribution in [2.75, 3.05) is 12.4 Å². The monoisotopic (exact) mass is 274 g/mol. The lowest BCUT2D eigenvalue weighted by molar-refractivity contribution is -0.146. The number of rotatable bonds is 5. The molecule has 2 aromatic rings. The van der Waals surface area contributed by atoms with Crippen LogP contribution in [0.4, 0.5) is 11.5 Å². The van der Waals surface area contributed by atoms with Crippen molar-refractivity contribution in [1.82, 2.24) is 4.98 Å². The Labute approximate surface area is 115 Å². The second kappa shape index (κ2) is 6.03. The van der Waals surface area contributed by atoms with E-state index in [0.717, 1.165) is 5.69 Å². The molecule has 0 saturated heterocycles. The van der Waals surface area contributed by atoms with Gasteiger partial charge in [0.25, 0.3) is 0 Å². The van der Waals surface area contributed by atoms with Gasteiger partial charge >= 0.3 is 5.97 Å². The molecule has 0 fully saturated rings. The number of nitrogens with one attached hydrogen (secondary N) is 1. The average Bonchev–Trinajstić information content (AvgIpc) is 2.47. The number of aliphatic carboxylic acids is 1. The Bertz CT molecular complexity index is 598. The second-order valence-electron chi connectivity index (χ2n) is 4.05. The van der Waals surface area contributed by atoms with Crippen LogP contribution in [0, 0.1) is 0 Å². The van der Waals surface area contributed by atoms with Crippen LogP contribution in [-0.4, -0.2) is 28.3 Å². The van der Waals surface area contributed by atoms with Gasteiger partial charge < -0.3 is 20.3 Å². The predicted octanol–water partition coefficient (Wildman–Crippen LogP) is 1.95. The molecule has 0 bridgehead atoms. The number of ether oxygens (including phenoxy) is 1. The zero-order chi connectivity index (χ0) is 14.5. The van der Waals surface area contributed by atoms with Gasteiger partial charge in [0.05, 0.1) is 7.11 Å². The second-order valence-corrected chi connectivity index (χ2v) is 4.05. The van der Waals surface area contributed by atoms with E-state index < -0.39 is 12.1 Å². The highest BCUT2D eigenvalue weighted by Crippen LogP contribution is 2.20. The van der Waals surface area contributed by atoms with Crippen molar-refractivity contribution in [3.63, 3.8) is 0 Å². The van der Waals surface area contributed by atoms with Crippen molar-refractivity contribution in [2.24, 2.45) is 0 Å². The van der Waals surface area contributed by atoms with Gasteiger partial charge in [0, 0.05) is 11.8 Å². The summed E-state index contributed by atoms with van der Waals surface area (Å²) in [4.78, 5) is 14.9. The third-order valence-electron chi connectivity index (χ3n) is 2.67. The minimum absolute atomic E-state index is 0.321. The van der Waals surface area contributed by atoms with Crippen molar-refractivity contribution in [3.05, 3.63) is 48.0 Å². The number of anilines is 2. The third-order valence-corrected chi connectivity index (χ3v) is 2.67. The number of hydrogen-bond donors (Lipinski definition) is 3. The largest absolute Gasteiger partial charge is 0.481 e. The van der Waals surface area contributed by atoms with Gasteiger partial charge in [-0.1, -0.05) is 18.2 Å². The molecular weight excluding hydrogens is 260 g/mol. The van der Waals surface area contributed by atoms with Gasteiger partial charge in [0.2, 0.25) is 5.88 Å². The van der Waals surface area contributed by atoms with Crippen molar-refractivity contribution in [2.45, 2.75) is 6.10 Å². The quantitative estimate of drug-likeness (QED) is 0.772. The Kier molecular flexibility index (Phi) is 4.17. The number of carbonyl (C=O) groups is 1. The molecule has 0 aliphatic carbocycles. The molecule has 0 aliphatic heterocycles. The van der Waals surface area contributed by atoms with Crippen molar-refractivity contribution in [3.8, 4) is 5.88 Å². The lowest BCUT2D eigenvalue weighted by atomic mass is 10.1. The number of pyridine rings is 1. The van der Waals surface area contributed by atoms with E-state index in [1.807, 2.05) is 0 Å². The molecule has 1 atom stereocenters. The molecule has 0 amide bonds. The normalized spacial score (nSPS) is 11.7. The Morgan fingerprint density at radius 2 is 1.95 bits per heavy atom. The first-order valence-electron chi connectivity index (χ1n) is 5.89. The van der Waals surface area contributed by atoms with Crippen LogP contribution in [0.2, 0.25) is 0 Å². The van der Waals surface area contributed by atoms with E-state index in [2.05, 4.69) is 10.3 Å². The molecular formula is C14H14N2O4. The molecule has 2 rings (SSSR count). The number of carboxylic acids is 1. The van der Waals surface area contributed by atoms with Gasteiger partial charge in [-0.3, -0.25) is 0 Å². The highest BCUT2D eigenvalue weighted by molar-refractivity contribution is 5.74. The number of aromatic nitrogens is 1. The molecule has 20 heavy (non-hydrogen) atoms. The SMILES string of the molecule is COc1cccc(Nc2ccc(C(O)C(=O)O)cc2)n1. The maximum atomic E-state index is 10.7. The van der Waals surface area contributed by atoms with Crippen LogP contribution < -0.4 is 10.1 Å². The molecule has 1 aromatic heterocycles. The van der Waals surface area contributed by atoms with Crippen LogP contribution >= 0.6 is 0 Å². The molecule has 1 aromatic carbocycles. The van der Waals surface area contributed by atoms with Gasteiger partial charge in [0.1, 0.15) is 5.82 Å². The minimum atomic E-state index is -1.51. The molecule has 0 saturated carbocycles. The first kappa shape index (κ1) is 13.8. The fourth-order valence-electron chi connectivity index (χ4n) is 1.64. The highest BCUT2D eigenvalue weighted by atomic mass is 16.5. The van der Waals surface area contributed by atoms with Crippen LogP contribution in [0.5, 0.6) is 5.88 Å². The number of nitrogens with zero attached hydrogens (tertiary/aromatic N) is 1. The van der Waals surface area contributed by atoms with Crippen LogP contribution in [-0.2, 0) is 4.79 Å². The van der Waals surface area contributed by atoms with Crippen LogP contribution in [0.1, 0.15) is 11.7 Å². The Morgan fingerprint density at radius 1 is 1.25 bits per heavy atom. The maximum Gasteiger partial charge on any atom is 0.337 e. The zero-order valence-electron chi connectivity index (χ0n) is 10.8. The van der Waals surface area contributed by atoms with E-state index in [-0.39, 0.29) is 0 Å². The summed E-state index contributed by atoms with van der Waals surface area (Å²) >= 11 is 0. The zero-order valence-corrected chi connectivity index (χ0v) is 10.8. The Hall–Kier alpha value is -2.60. The summed E-state index contributed by atoms with van der Waals surface area (Å²) in [5.41, 5.74) is 1.05. The summed E-state index contributed by atoms with van der Waals surface area (Å²) in [7, 11) is 1.54. The van der Waals surface area contributed by atoms with E-state index in [4.69, 9.17) is 9.84 Å². The van der Waals surface area contributed by atoms with Gasteiger partial charge in [-0.2, -0.15) is 4.98 Å². The molecule has 104 valence electrons. The third kappa shape index (κ3) is 3.24. The molecule has 1 unspecified atom stereocenters. The number of hydrogen-bond acceptors (Lipinski definition) is 5. The topological polar surface area (TPSA) is 91.7 Å². The average molecular weight is 274 g/mol. The van der Waals surface area contributed by atoms with Crippen molar-refractivity contribution in [1.29, 1.82) is 0 Å². The summed E-state index contributed by atoms with van der Waals surface area (Å²) in [5, 5.41) is 21.2.